The minimum absolute atomic E-state index is 0.0180. The first-order chi connectivity index (χ1) is 14.1. The molecule has 0 bridgehead atoms. The number of hydrogen-bond donors (Lipinski definition) is 1. The van der Waals surface area contributed by atoms with Crippen molar-refractivity contribution in [2.75, 3.05) is 33.4 Å². The monoisotopic (exact) mass is 398 g/mol. The van der Waals surface area contributed by atoms with Crippen LogP contribution < -0.4 is 14.8 Å². The van der Waals surface area contributed by atoms with Crippen molar-refractivity contribution in [1.29, 1.82) is 0 Å². The van der Waals surface area contributed by atoms with Crippen LogP contribution in [0, 0.1) is 5.92 Å². The first-order valence-electron chi connectivity index (χ1n) is 9.68. The molecular formula is C22H26N2O5. The second kappa shape index (κ2) is 10.4. The number of nitrogens with one attached hydrogen (secondary N) is 1. The zero-order chi connectivity index (χ0) is 20.5. The highest BCUT2D eigenvalue weighted by atomic mass is 16.5. The van der Waals surface area contributed by atoms with Gasteiger partial charge in [-0.05, 0) is 49.1 Å². The summed E-state index contributed by atoms with van der Waals surface area (Å²) < 4.78 is 15.8. The molecule has 29 heavy (non-hydrogen) atoms. The minimum atomic E-state index is -0.160. The Morgan fingerprint density at radius 1 is 1.21 bits per heavy atom. The lowest BCUT2D eigenvalue weighted by Crippen LogP contribution is -2.41. The number of carbonyl (C=O) groups is 2. The van der Waals surface area contributed by atoms with Gasteiger partial charge in [0.05, 0.1) is 13.4 Å². The van der Waals surface area contributed by atoms with Gasteiger partial charge in [0.2, 0.25) is 5.91 Å². The predicted octanol–water partition coefficient (Wildman–Crippen LogP) is 2.74. The van der Waals surface area contributed by atoms with Gasteiger partial charge < -0.3 is 24.1 Å². The fourth-order valence-corrected chi connectivity index (χ4v) is 3.15. The van der Waals surface area contributed by atoms with Gasteiger partial charge in [0.15, 0.2) is 6.61 Å². The van der Waals surface area contributed by atoms with Crippen LogP contribution in [0.5, 0.6) is 11.5 Å². The van der Waals surface area contributed by atoms with E-state index in [1.807, 2.05) is 17.0 Å². The summed E-state index contributed by atoms with van der Waals surface area (Å²) in [5, 5.41) is 2.91. The summed E-state index contributed by atoms with van der Waals surface area (Å²) in [5.74, 6) is 2.11. The van der Waals surface area contributed by atoms with E-state index in [1.165, 1.54) is 6.08 Å². The smallest absolute Gasteiger partial charge is 0.257 e. The maximum Gasteiger partial charge on any atom is 0.257 e. The Morgan fingerprint density at radius 3 is 2.72 bits per heavy atom. The third-order valence-electron chi connectivity index (χ3n) is 4.86. The third kappa shape index (κ3) is 6.41. The fourth-order valence-electron chi connectivity index (χ4n) is 3.15. The molecule has 2 aromatic rings. The molecule has 0 spiro atoms. The molecular weight excluding hydrogens is 372 g/mol. The van der Waals surface area contributed by atoms with Gasteiger partial charge in [0, 0.05) is 31.8 Å². The highest BCUT2D eigenvalue weighted by molar-refractivity contribution is 5.91. The van der Waals surface area contributed by atoms with E-state index in [1.54, 1.807) is 43.7 Å². The zero-order valence-corrected chi connectivity index (χ0v) is 16.5. The van der Waals surface area contributed by atoms with Gasteiger partial charge in [-0.25, -0.2) is 0 Å². The van der Waals surface area contributed by atoms with Gasteiger partial charge in [-0.15, -0.1) is 0 Å². The van der Waals surface area contributed by atoms with Crippen LogP contribution in [0.3, 0.4) is 0 Å². The van der Waals surface area contributed by atoms with Crippen LogP contribution in [-0.4, -0.2) is 50.1 Å². The maximum absolute atomic E-state index is 12.2. The highest BCUT2D eigenvalue weighted by Gasteiger charge is 2.22. The van der Waals surface area contributed by atoms with E-state index in [4.69, 9.17) is 13.9 Å². The maximum atomic E-state index is 12.2. The Labute approximate surface area is 170 Å². The van der Waals surface area contributed by atoms with Crippen molar-refractivity contribution in [3.63, 3.8) is 0 Å². The lowest BCUT2D eigenvalue weighted by Gasteiger charge is -2.31. The normalized spacial score (nSPS) is 14.7. The van der Waals surface area contributed by atoms with Crippen LogP contribution in [0.1, 0.15) is 18.6 Å². The number of piperidine rings is 1. The molecule has 0 atom stereocenters. The van der Waals surface area contributed by atoms with Crippen molar-refractivity contribution in [1.82, 2.24) is 10.2 Å². The minimum Gasteiger partial charge on any atom is -0.497 e. The van der Waals surface area contributed by atoms with Gasteiger partial charge in [0.25, 0.3) is 5.91 Å². The molecule has 1 aliphatic rings. The lowest BCUT2D eigenvalue weighted by molar-refractivity contribution is -0.128. The molecule has 0 aliphatic carbocycles. The molecule has 1 fully saturated rings. The number of nitrogens with zero attached hydrogens (tertiary/aromatic N) is 1. The van der Waals surface area contributed by atoms with Gasteiger partial charge in [-0.2, -0.15) is 0 Å². The Morgan fingerprint density at radius 2 is 2.00 bits per heavy atom. The molecule has 0 unspecified atom stereocenters. The predicted molar refractivity (Wildman–Crippen MR) is 109 cm³/mol. The van der Waals surface area contributed by atoms with E-state index < -0.39 is 0 Å². The quantitative estimate of drug-likeness (QED) is 0.692. The Bertz CT molecular complexity index is 823. The van der Waals surface area contributed by atoms with Gasteiger partial charge in [0.1, 0.15) is 17.3 Å². The molecule has 1 N–H and O–H groups in total. The van der Waals surface area contributed by atoms with Crippen molar-refractivity contribution in [3.8, 4) is 11.5 Å². The summed E-state index contributed by atoms with van der Waals surface area (Å²) >= 11 is 0. The zero-order valence-electron chi connectivity index (χ0n) is 16.5. The fraction of sp³-hybridized carbons (Fsp3) is 0.364. The Balaban J connectivity index is 1.34. The first kappa shape index (κ1) is 20.5. The number of rotatable bonds is 8. The molecule has 1 saturated heterocycles. The summed E-state index contributed by atoms with van der Waals surface area (Å²) in [4.78, 5) is 26.1. The number of amides is 2. The third-order valence-corrected chi connectivity index (χ3v) is 4.86. The van der Waals surface area contributed by atoms with E-state index >= 15 is 0 Å². The SMILES string of the molecule is COc1cccc(OCC(=O)NCC2CCN(C(=O)/C=C/c3ccco3)CC2)c1. The van der Waals surface area contributed by atoms with Crippen molar-refractivity contribution in [2.24, 2.45) is 5.92 Å². The molecule has 2 amide bonds. The van der Waals surface area contributed by atoms with Crippen molar-refractivity contribution in [2.45, 2.75) is 12.8 Å². The number of carbonyl (C=O) groups excluding carboxylic acids is 2. The summed E-state index contributed by atoms with van der Waals surface area (Å²) in [6, 6.07) is 10.7. The van der Waals surface area contributed by atoms with E-state index in [-0.39, 0.29) is 18.4 Å². The van der Waals surface area contributed by atoms with Crippen LogP contribution in [0.25, 0.3) is 6.08 Å². The van der Waals surface area contributed by atoms with Gasteiger partial charge >= 0.3 is 0 Å². The molecule has 7 nitrogen and oxygen atoms in total. The summed E-state index contributed by atoms with van der Waals surface area (Å²) in [6.45, 7) is 1.91. The molecule has 0 saturated carbocycles. The van der Waals surface area contributed by atoms with Crippen molar-refractivity contribution < 1.29 is 23.5 Å². The number of hydrogen-bond acceptors (Lipinski definition) is 5. The van der Waals surface area contributed by atoms with Crippen LogP contribution in [-0.2, 0) is 9.59 Å². The van der Waals surface area contributed by atoms with Crippen LogP contribution in [0.4, 0.5) is 0 Å². The lowest BCUT2D eigenvalue weighted by atomic mass is 9.96. The summed E-state index contributed by atoms with van der Waals surface area (Å²) in [5.41, 5.74) is 0. The standard InChI is InChI=1S/C22H26N2O5/c1-27-19-4-2-5-20(14-19)29-16-21(25)23-15-17-9-11-24(12-10-17)22(26)8-7-18-6-3-13-28-18/h2-8,13-14,17H,9-12,15-16H2,1H3,(H,23,25)/b8-7+. The number of furan rings is 1. The molecule has 3 rings (SSSR count). The topological polar surface area (TPSA) is 81.0 Å². The van der Waals surface area contributed by atoms with Gasteiger partial charge in [-0.3, -0.25) is 9.59 Å². The number of ether oxygens (including phenoxy) is 2. The number of methoxy groups -OCH3 is 1. The molecule has 1 aromatic heterocycles. The number of benzene rings is 1. The Hall–Kier alpha value is -3.22. The van der Waals surface area contributed by atoms with Crippen molar-refractivity contribution >= 4 is 17.9 Å². The van der Waals surface area contributed by atoms with Gasteiger partial charge in [-0.1, -0.05) is 6.07 Å². The average Bonchev–Trinajstić information content (AvgIpc) is 3.29. The van der Waals surface area contributed by atoms with E-state index in [2.05, 4.69) is 5.32 Å². The van der Waals surface area contributed by atoms with E-state index in [0.29, 0.717) is 42.8 Å². The summed E-state index contributed by atoms with van der Waals surface area (Å²) in [6.07, 6.45) is 6.51. The van der Waals surface area contributed by atoms with Crippen LogP contribution in [0.15, 0.2) is 53.2 Å². The van der Waals surface area contributed by atoms with E-state index in [9.17, 15) is 9.59 Å². The Kier molecular flexibility index (Phi) is 7.33. The average molecular weight is 398 g/mol. The molecule has 154 valence electrons. The molecule has 7 heteroatoms. The van der Waals surface area contributed by atoms with Crippen LogP contribution >= 0.6 is 0 Å². The van der Waals surface area contributed by atoms with Crippen LogP contribution in [0.2, 0.25) is 0 Å². The molecule has 1 aromatic carbocycles. The molecule has 1 aliphatic heterocycles. The van der Waals surface area contributed by atoms with Crippen molar-refractivity contribution in [3.05, 3.63) is 54.5 Å². The first-order valence-corrected chi connectivity index (χ1v) is 9.68. The largest absolute Gasteiger partial charge is 0.497 e. The highest BCUT2D eigenvalue weighted by Crippen LogP contribution is 2.19. The van der Waals surface area contributed by atoms with E-state index in [0.717, 1.165) is 12.8 Å². The second-order valence-corrected chi connectivity index (χ2v) is 6.89. The molecule has 2 heterocycles. The summed E-state index contributed by atoms with van der Waals surface area (Å²) in [7, 11) is 1.58. The second-order valence-electron chi connectivity index (χ2n) is 6.89. The molecule has 0 radical (unpaired) electrons. The number of likely N-dealkylation sites (tertiary alicyclic amines) is 1.